The Hall–Kier alpha value is -1.97. The zero-order valence-electron chi connectivity index (χ0n) is 18.8. The summed E-state index contributed by atoms with van der Waals surface area (Å²) in [5.74, 6) is 0.657. The molecule has 0 radical (unpaired) electrons. The number of carbonyl (C=O) groups is 1. The molecule has 0 fully saturated rings. The second-order valence-electron chi connectivity index (χ2n) is 8.90. The van der Waals surface area contributed by atoms with E-state index in [2.05, 4.69) is 48.1 Å². The molecule has 0 heterocycles. The van der Waals surface area contributed by atoms with Gasteiger partial charge in [-0.15, -0.1) is 0 Å². The maximum Gasteiger partial charge on any atom is 0.333 e. The van der Waals surface area contributed by atoms with Crippen molar-refractivity contribution < 1.29 is 19.4 Å². The van der Waals surface area contributed by atoms with Gasteiger partial charge in [0, 0.05) is 16.7 Å². The van der Waals surface area contributed by atoms with Gasteiger partial charge in [-0.3, -0.25) is 0 Å². The fourth-order valence-electron chi connectivity index (χ4n) is 3.66. The molecule has 0 spiro atoms. The quantitative estimate of drug-likeness (QED) is 0.284. The van der Waals surface area contributed by atoms with Crippen LogP contribution in [0, 0.1) is 0 Å². The number of carbonyl (C=O) groups excluding carboxylic acids is 1. The van der Waals surface area contributed by atoms with Crippen LogP contribution in [0.2, 0.25) is 0 Å². The van der Waals surface area contributed by atoms with Crippen LogP contribution in [-0.4, -0.2) is 24.3 Å². The van der Waals surface area contributed by atoms with Gasteiger partial charge in [0.05, 0.1) is 0 Å². The fourth-order valence-corrected chi connectivity index (χ4v) is 3.66. The molecular formula is C24H38O4. The van der Waals surface area contributed by atoms with Gasteiger partial charge >= 0.3 is 5.97 Å². The first-order valence-corrected chi connectivity index (χ1v) is 10.3. The first kappa shape index (κ1) is 24.1. The summed E-state index contributed by atoms with van der Waals surface area (Å²) in [5, 5.41) is 11.1. The highest BCUT2D eigenvalue weighted by Gasteiger charge is 2.31. The highest BCUT2D eigenvalue weighted by molar-refractivity contribution is 5.86. The SMILES string of the molecule is C=C(C)C(=O)OCCOc1cc(C(C)(C)CCC)c(O)c(C(C)(C)CCC)c1. The van der Waals surface area contributed by atoms with Gasteiger partial charge in [0.25, 0.3) is 0 Å². The normalized spacial score (nSPS) is 12.0. The van der Waals surface area contributed by atoms with Crippen molar-refractivity contribution in [1.29, 1.82) is 0 Å². The van der Waals surface area contributed by atoms with E-state index in [4.69, 9.17) is 9.47 Å². The molecule has 1 rings (SSSR count). The van der Waals surface area contributed by atoms with E-state index in [1.165, 1.54) is 0 Å². The lowest BCUT2D eigenvalue weighted by atomic mass is 9.74. The molecule has 0 amide bonds. The fraction of sp³-hybridized carbons (Fsp3) is 0.625. The van der Waals surface area contributed by atoms with Crippen molar-refractivity contribution in [3.05, 3.63) is 35.4 Å². The molecule has 0 aliphatic heterocycles. The minimum absolute atomic E-state index is 0.161. The van der Waals surface area contributed by atoms with E-state index in [0.29, 0.717) is 17.1 Å². The van der Waals surface area contributed by atoms with Crippen LogP contribution >= 0.6 is 0 Å². The number of rotatable bonds is 11. The molecule has 1 N–H and O–H groups in total. The molecule has 0 bridgehead atoms. The molecule has 28 heavy (non-hydrogen) atoms. The molecule has 0 saturated carbocycles. The number of esters is 1. The van der Waals surface area contributed by atoms with Crippen LogP contribution in [0.5, 0.6) is 11.5 Å². The van der Waals surface area contributed by atoms with Crippen molar-refractivity contribution in [2.45, 2.75) is 85.0 Å². The summed E-state index contributed by atoms with van der Waals surface area (Å²) in [6.45, 7) is 18.5. The van der Waals surface area contributed by atoms with Gasteiger partial charge in [-0.1, -0.05) is 61.0 Å². The molecule has 1 aromatic rings. The number of benzene rings is 1. The van der Waals surface area contributed by atoms with E-state index < -0.39 is 5.97 Å². The smallest absolute Gasteiger partial charge is 0.333 e. The Balaban J connectivity index is 3.19. The predicted octanol–water partition coefficient (Wildman–Crippen LogP) is 6.05. The number of hydrogen-bond donors (Lipinski definition) is 1. The molecule has 0 saturated heterocycles. The lowest BCUT2D eigenvalue weighted by molar-refractivity contribution is -0.139. The summed E-state index contributed by atoms with van der Waals surface area (Å²) in [5.41, 5.74) is 1.86. The maximum absolute atomic E-state index is 11.5. The van der Waals surface area contributed by atoms with E-state index in [9.17, 15) is 9.90 Å². The van der Waals surface area contributed by atoms with E-state index in [0.717, 1.165) is 36.8 Å². The third-order valence-electron chi connectivity index (χ3n) is 5.23. The first-order valence-electron chi connectivity index (χ1n) is 10.3. The van der Waals surface area contributed by atoms with Crippen LogP contribution in [0.15, 0.2) is 24.3 Å². The average molecular weight is 391 g/mol. The van der Waals surface area contributed by atoms with Gasteiger partial charge in [-0.2, -0.15) is 0 Å². The largest absolute Gasteiger partial charge is 0.507 e. The van der Waals surface area contributed by atoms with Crippen LogP contribution < -0.4 is 4.74 Å². The average Bonchev–Trinajstić information content (AvgIpc) is 2.58. The summed E-state index contributed by atoms with van der Waals surface area (Å²) in [6.07, 6.45) is 3.99. The number of hydrogen-bond acceptors (Lipinski definition) is 4. The molecule has 0 aliphatic rings. The van der Waals surface area contributed by atoms with E-state index in [1.807, 2.05) is 12.1 Å². The van der Waals surface area contributed by atoms with Crippen LogP contribution in [0.3, 0.4) is 0 Å². The van der Waals surface area contributed by atoms with E-state index in [1.54, 1.807) is 6.92 Å². The Morgan fingerprint density at radius 2 is 1.46 bits per heavy atom. The van der Waals surface area contributed by atoms with Gasteiger partial charge in [0.1, 0.15) is 24.7 Å². The van der Waals surface area contributed by atoms with Gasteiger partial charge in [-0.25, -0.2) is 4.79 Å². The Labute approximate surface area is 170 Å². The Kier molecular flexibility index (Phi) is 8.59. The highest BCUT2D eigenvalue weighted by atomic mass is 16.6. The summed E-state index contributed by atoms with van der Waals surface area (Å²) in [7, 11) is 0. The van der Waals surface area contributed by atoms with Crippen LogP contribution in [0.25, 0.3) is 0 Å². The molecule has 0 atom stereocenters. The van der Waals surface area contributed by atoms with Crippen LogP contribution in [0.1, 0.15) is 85.3 Å². The van der Waals surface area contributed by atoms with Gasteiger partial charge < -0.3 is 14.6 Å². The standard InChI is InChI=1S/C24H38O4/c1-9-11-23(5,6)19-15-18(27-13-14-28-22(26)17(3)4)16-20(21(19)25)24(7,8)12-10-2/h15-16,25H,3,9-14H2,1-2,4-8H3. The number of aromatic hydroxyl groups is 1. The number of phenolic OH excluding ortho intramolecular Hbond substituents is 1. The topological polar surface area (TPSA) is 55.8 Å². The zero-order valence-corrected chi connectivity index (χ0v) is 18.8. The lowest BCUT2D eigenvalue weighted by Gasteiger charge is -2.32. The zero-order chi connectivity index (χ0) is 21.5. The summed E-state index contributed by atoms with van der Waals surface area (Å²) >= 11 is 0. The monoisotopic (exact) mass is 390 g/mol. The van der Waals surface area contributed by atoms with Crippen molar-refractivity contribution in [1.82, 2.24) is 0 Å². The van der Waals surface area contributed by atoms with Crippen molar-refractivity contribution in [3.8, 4) is 11.5 Å². The van der Waals surface area contributed by atoms with Crippen LogP contribution in [-0.2, 0) is 20.4 Å². The molecule has 4 nitrogen and oxygen atoms in total. The number of ether oxygens (including phenoxy) is 2. The van der Waals surface area contributed by atoms with Gasteiger partial charge in [0.2, 0.25) is 0 Å². The van der Waals surface area contributed by atoms with Crippen molar-refractivity contribution in [2.24, 2.45) is 0 Å². The molecule has 158 valence electrons. The summed E-state index contributed by atoms with van der Waals surface area (Å²) in [4.78, 5) is 11.5. The highest BCUT2D eigenvalue weighted by Crippen LogP contribution is 2.44. The molecular weight excluding hydrogens is 352 g/mol. The van der Waals surface area contributed by atoms with Crippen molar-refractivity contribution >= 4 is 5.97 Å². The van der Waals surface area contributed by atoms with Crippen LogP contribution in [0.4, 0.5) is 0 Å². The number of phenols is 1. The summed E-state index contributed by atoms with van der Waals surface area (Å²) < 4.78 is 11.0. The molecule has 1 aromatic carbocycles. The molecule has 4 heteroatoms. The molecule has 0 aliphatic carbocycles. The second-order valence-corrected chi connectivity index (χ2v) is 8.90. The third kappa shape index (κ3) is 6.29. The molecule has 0 aromatic heterocycles. The lowest BCUT2D eigenvalue weighted by Crippen LogP contribution is -2.22. The second kappa shape index (κ2) is 9.99. The van der Waals surface area contributed by atoms with Gasteiger partial charge in [-0.05, 0) is 42.7 Å². The summed E-state index contributed by atoms with van der Waals surface area (Å²) in [6, 6.07) is 3.86. The maximum atomic E-state index is 11.5. The Morgan fingerprint density at radius 1 is 1.00 bits per heavy atom. The van der Waals surface area contributed by atoms with E-state index in [-0.39, 0.29) is 24.0 Å². The Morgan fingerprint density at radius 3 is 1.86 bits per heavy atom. The van der Waals surface area contributed by atoms with Gasteiger partial charge in [0.15, 0.2) is 0 Å². The minimum Gasteiger partial charge on any atom is -0.507 e. The predicted molar refractivity (Wildman–Crippen MR) is 115 cm³/mol. The molecule has 0 unspecified atom stereocenters. The van der Waals surface area contributed by atoms with E-state index >= 15 is 0 Å². The third-order valence-corrected chi connectivity index (χ3v) is 5.23. The Bertz CT molecular complexity index is 647. The van der Waals surface area contributed by atoms with Crippen molar-refractivity contribution in [3.63, 3.8) is 0 Å². The first-order chi connectivity index (χ1) is 13.0. The van der Waals surface area contributed by atoms with Crippen molar-refractivity contribution in [2.75, 3.05) is 13.2 Å². The minimum atomic E-state index is -0.413.